The van der Waals surface area contributed by atoms with Crippen LogP contribution >= 0.6 is 0 Å². The normalized spacial score (nSPS) is 11.1. The summed E-state index contributed by atoms with van der Waals surface area (Å²) in [7, 11) is 1.29. The molecule has 0 bridgehead atoms. The molecule has 0 spiro atoms. The maximum absolute atomic E-state index is 11.3. The Labute approximate surface area is 108 Å². The lowest BCUT2D eigenvalue weighted by atomic mass is 10.2. The van der Waals surface area contributed by atoms with Crippen LogP contribution < -0.4 is 0 Å². The summed E-state index contributed by atoms with van der Waals surface area (Å²) in [6.07, 6.45) is 0.203. The summed E-state index contributed by atoms with van der Waals surface area (Å²) in [4.78, 5) is 22.0. The quantitative estimate of drug-likeness (QED) is 0.478. The van der Waals surface area contributed by atoms with Crippen LogP contribution in [0.15, 0.2) is 0 Å². The van der Waals surface area contributed by atoms with Crippen LogP contribution in [0.2, 0.25) is 0 Å². The molecule has 0 aromatic heterocycles. The Kier molecular flexibility index (Phi) is 8.32. The molecule has 0 amide bonds. The van der Waals surface area contributed by atoms with Crippen LogP contribution in [0.5, 0.6) is 0 Å². The molecule has 0 unspecified atom stereocenters. The first kappa shape index (κ1) is 16.9. The molecular formula is C12H22O6. The lowest BCUT2D eigenvalue weighted by Crippen LogP contribution is -2.24. The fourth-order valence-corrected chi connectivity index (χ4v) is 0.982. The van der Waals surface area contributed by atoms with Crippen LogP contribution in [0, 0.1) is 0 Å². The second kappa shape index (κ2) is 8.88. The van der Waals surface area contributed by atoms with Crippen molar-refractivity contribution >= 4 is 11.9 Å². The van der Waals surface area contributed by atoms with Gasteiger partial charge in [-0.1, -0.05) is 0 Å². The van der Waals surface area contributed by atoms with Gasteiger partial charge in [0.2, 0.25) is 0 Å². The zero-order valence-corrected chi connectivity index (χ0v) is 11.5. The van der Waals surface area contributed by atoms with E-state index in [1.54, 1.807) is 0 Å². The maximum Gasteiger partial charge on any atom is 0.331 e. The van der Waals surface area contributed by atoms with Gasteiger partial charge < -0.3 is 18.9 Å². The van der Waals surface area contributed by atoms with Gasteiger partial charge in [-0.2, -0.15) is 0 Å². The molecule has 0 aromatic carbocycles. The molecule has 0 radical (unpaired) electrons. The van der Waals surface area contributed by atoms with Crippen LogP contribution in [-0.4, -0.2) is 51.1 Å². The molecule has 0 aromatic rings. The van der Waals surface area contributed by atoms with Crippen molar-refractivity contribution in [2.75, 3.05) is 33.5 Å². The van der Waals surface area contributed by atoms with Crippen molar-refractivity contribution in [1.82, 2.24) is 0 Å². The van der Waals surface area contributed by atoms with Gasteiger partial charge in [-0.05, 0) is 20.8 Å². The van der Waals surface area contributed by atoms with E-state index in [9.17, 15) is 9.59 Å². The van der Waals surface area contributed by atoms with E-state index in [4.69, 9.17) is 14.2 Å². The Morgan fingerprint density at radius 3 is 2.11 bits per heavy atom. The highest BCUT2D eigenvalue weighted by molar-refractivity contribution is 5.70. The van der Waals surface area contributed by atoms with Crippen molar-refractivity contribution in [2.45, 2.75) is 32.8 Å². The molecule has 0 fully saturated rings. The molecule has 18 heavy (non-hydrogen) atoms. The molecule has 6 heteroatoms. The van der Waals surface area contributed by atoms with E-state index in [0.717, 1.165) is 0 Å². The predicted molar refractivity (Wildman–Crippen MR) is 64.1 cm³/mol. The number of carbonyl (C=O) groups is 2. The van der Waals surface area contributed by atoms with E-state index in [1.165, 1.54) is 7.11 Å². The Hall–Kier alpha value is -1.14. The highest BCUT2D eigenvalue weighted by Crippen LogP contribution is 2.07. The van der Waals surface area contributed by atoms with Gasteiger partial charge in [0.25, 0.3) is 0 Å². The summed E-state index contributed by atoms with van der Waals surface area (Å²) >= 11 is 0. The summed E-state index contributed by atoms with van der Waals surface area (Å²) in [5, 5.41) is 0. The van der Waals surface area contributed by atoms with Crippen LogP contribution in [0.1, 0.15) is 27.2 Å². The zero-order chi connectivity index (χ0) is 14.0. The highest BCUT2D eigenvalue weighted by atomic mass is 16.6. The third-order valence-corrected chi connectivity index (χ3v) is 1.69. The highest BCUT2D eigenvalue weighted by Gasteiger charge is 2.15. The van der Waals surface area contributed by atoms with Gasteiger partial charge in [-0.25, -0.2) is 4.79 Å². The molecule has 0 aliphatic rings. The average Bonchev–Trinajstić information content (AvgIpc) is 2.25. The van der Waals surface area contributed by atoms with Gasteiger partial charge >= 0.3 is 11.9 Å². The summed E-state index contributed by atoms with van der Waals surface area (Å²) in [5.41, 5.74) is -0.472. The molecule has 0 atom stereocenters. The first-order valence-electron chi connectivity index (χ1n) is 5.79. The fraction of sp³-hybridized carbons (Fsp3) is 0.833. The van der Waals surface area contributed by atoms with Crippen LogP contribution in [0.3, 0.4) is 0 Å². The Balaban J connectivity index is 3.35. The van der Waals surface area contributed by atoms with E-state index >= 15 is 0 Å². The minimum Gasteiger partial charge on any atom is -0.467 e. The molecule has 0 rings (SSSR count). The number of ether oxygens (including phenoxy) is 4. The van der Waals surface area contributed by atoms with Gasteiger partial charge in [0.15, 0.2) is 0 Å². The molecule has 0 saturated carbocycles. The second-order valence-corrected chi connectivity index (χ2v) is 4.58. The predicted octanol–water partition coefficient (Wildman–Crippen LogP) is 0.924. The van der Waals surface area contributed by atoms with Crippen molar-refractivity contribution < 1.29 is 28.5 Å². The van der Waals surface area contributed by atoms with Crippen molar-refractivity contribution in [2.24, 2.45) is 0 Å². The molecule has 0 N–H and O–H groups in total. The van der Waals surface area contributed by atoms with E-state index in [1.807, 2.05) is 20.8 Å². The molecule has 106 valence electrons. The Morgan fingerprint density at radius 1 is 0.944 bits per heavy atom. The minimum absolute atomic E-state index is 0.0913. The van der Waals surface area contributed by atoms with Crippen molar-refractivity contribution in [3.05, 3.63) is 0 Å². The van der Waals surface area contributed by atoms with Gasteiger partial charge in [0.1, 0.15) is 12.2 Å². The van der Waals surface area contributed by atoms with Crippen LogP contribution in [0.25, 0.3) is 0 Å². The SMILES string of the molecule is COC(=O)COCCOCCC(=O)OC(C)(C)C. The zero-order valence-electron chi connectivity index (χ0n) is 11.5. The second-order valence-electron chi connectivity index (χ2n) is 4.58. The number of carbonyl (C=O) groups excluding carboxylic acids is 2. The minimum atomic E-state index is -0.472. The third kappa shape index (κ3) is 11.3. The maximum atomic E-state index is 11.3. The molecule has 0 aliphatic carbocycles. The van der Waals surface area contributed by atoms with E-state index in [0.29, 0.717) is 6.61 Å². The van der Waals surface area contributed by atoms with Gasteiger partial charge in [0, 0.05) is 0 Å². The smallest absolute Gasteiger partial charge is 0.331 e. The largest absolute Gasteiger partial charge is 0.467 e. The number of hydrogen-bond donors (Lipinski definition) is 0. The lowest BCUT2D eigenvalue weighted by molar-refractivity contribution is -0.156. The number of hydrogen-bond acceptors (Lipinski definition) is 6. The van der Waals surface area contributed by atoms with Gasteiger partial charge in [-0.15, -0.1) is 0 Å². The summed E-state index contributed by atoms with van der Waals surface area (Å²) in [6.45, 7) is 6.22. The first-order valence-corrected chi connectivity index (χ1v) is 5.79. The lowest BCUT2D eigenvalue weighted by Gasteiger charge is -2.19. The molecular weight excluding hydrogens is 240 g/mol. The summed E-state index contributed by atoms with van der Waals surface area (Å²) < 4.78 is 19.6. The van der Waals surface area contributed by atoms with Gasteiger partial charge in [-0.3, -0.25) is 4.79 Å². The molecule has 0 aliphatic heterocycles. The van der Waals surface area contributed by atoms with Crippen LogP contribution in [-0.2, 0) is 28.5 Å². The Bertz CT molecular complexity index is 256. The number of methoxy groups -OCH3 is 1. The van der Waals surface area contributed by atoms with Crippen molar-refractivity contribution in [1.29, 1.82) is 0 Å². The average molecular weight is 262 g/mol. The standard InChI is InChI=1S/C12H22O6/c1-12(2,3)18-10(13)5-6-16-7-8-17-9-11(14)15-4/h5-9H2,1-4H3. The fourth-order valence-electron chi connectivity index (χ4n) is 0.982. The monoisotopic (exact) mass is 262 g/mol. The van der Waals surface area contributed by atoms with Crippen molar-refractivity contribution in [3.63, 3.8) is 0 Å². The van der Waals surface area contributed by atoms with Crippen molar-refractivity contribution in [3.8, 4) is 0 Å². The number of rotatable bonds is 8. The molecule has 6 nitrogen and oxygen atoms in total. The van der Waals surface area contributed by atoms with E-state index in [-0.39, 0.29) is 32.2 Å². The van der Waals surface area contributed by atoms with E-state index < -0.39 is 11.6 Å². The molecule has 0 heterocycles. The third-order valence-electron chi connectivity index (χ3n) is 1.69. The first-order chi connectivity index (χ1) is 8.35. The van der Waals surface area contributed by atoms with Crippen LogP contribution in [0.4, 0.5) is 0 Å². The van der Waals surface area contributed by atoms with E-state index in [2.05, 4.69) is 4.74 Å². The molecule has 0 saturated heterocycles. The number of esters is 2. The summed E-state index contributed by atoms with van der Waals surface area (Å²) in [6, 6.07) is 0. The summed E-state index contributed by atoms with van der Waals surface area (Å²) in [5.74, 6) is -0.721. The van der Waals surface area contributed by atoms with Gasteiger partial charge in [0.05, 0.1) is 33.4 Å². The Morgan fingerprint density at radius 2 is 1.56 bits per heavy atom. The topological polar surface area (TPSA) is 71.1 Å².